The van der Waals surface area contributed by atoms with Crippen LogP contribution in [0, 0.1) is 5.41 Å². The van der Waals surface area contributed by atoms with Crippen LogP contribution in [-0.2, 0) is 17.8 Å². The van der Waals surface area contributed by atoms with Gasteiger partial charge in [0.05, 0.1) is 12.8 Å². The lowest BCUT2D eigenvalue weighted by atomic mass is 9.79. The van der Waals surface area contributed by atoms with E-state index < -0.39 is 0 Å². The minimum Gasteiger partial charge on any atom is -0.497 e. The number of hydrogen-bond acceptors (Lipinski definition) is 5. The van der Waals surface area contributed by atoms with E-state index in [2.05, 4.69) is 38.0 Å². The fraction of sp³-hybridized carbons (Fsp3) is 0.522. The van der Waals surface area contributed by atoms with Gasteiger partial charge in [0.25, 0.3) is 0 Å². The average molecular weight is 395 g/mol. The molecule has 0 saturated carbocycles. The molecule has 1 aromatic heterocycles. The Labute approximate surface area is 172 Å². The lowest BCUT2D eigenvalue weighted by Gasteiger charge is -2.40. The lowest BCUT2D eigenvalue weighted by molar-refractivity contribution is -0.130. The summed E-state index contributed by atoms with van der Waals surface area (Å²) in [5.74, 6) is 1.16. The summed E-state index contributed by atoms with van der Waals surface area (Å²) in [6, 6.07) is 8.34. The molecule has 0 N–H and O–H groups in total. The van der Waals surface area contributed by atoms with Crippen LogP contribution in [0.25, 0.3) is 0 Å². The quantitative estimate of drug-likeness (QED) is 0.754. The highest BCUT2D eigenvalue weighted by Crippen LogP contribution is 2.39. The maximum atomic E-state index is 12.7. The van der Waals surface area contributed by atoms with E-state index in [1.54, 1.807) is 25.7 Å². The van der Waals surface area contributed by atoms with Crippen molar-refractivity contribution in [2.24, 2.45) is 5.41 Å². The normalized spacial score (nSPS) is 22.2. The second-order valence-corrected chi connectivity index (χ2v) is 8.43. The van der Waals surface area contributed by atoms with Crippen LogP contribution >= 0.6 is 0 Å². The summed E-state index contributed by atoms with van der Waals surface area (Å²) in [5, 5.41) is 0. The van der Waals surface area contributed by atoms with E-state index >= 15 is 0 Å². The van der Waals surface area contributed by atoms with E-state index in [-0.39, 0.29) is 11.3 Å². The Morgan fingerprint density at radius 1 is 1.21 bits per heavy atom. The van der Waals surface area contributed by atoms with Gasteiger partial charge in [-0.25, -0.2) is 0 Å². The van der Waals surface area contributed by atoms with Gasteiger partial charge in [-0.05, 0) is 49.9 Å². The van der Waals surface area contributed by atoms with Crippen molar-refractivity contribution in [3.05, 3.63) is 54.1 Å². The molecule has 2 fully saturated rings. The van der Waals surface area contributed by atoms with Gasteiger partial charge in [0.15, 0.2) is 0 Å². The number of aromatic nitrogens is 2. The summed E-state index contributed by atoms with van der Waals surface area (Å²) in [7, 11) is 1.71. The molecule has 2 aromatic rings. The second-order valence-electron chi connectivity index (χ2n) is 8.43. The Balaban J connectivity index is 1.32. The molecule has 6 heteroatoms. The smallest absolute Gasteiger partial charge is 0.222 e. The number of methoxy groups -OCH3 is 1. The molecule has 2 aliphatic heterocycles. The molecule has 6 nitrogen and oxygen atoms in total. The standard InChI is InChI=1S/C23H30N4O2/c1-29-21-5-2-4-19(14-21)16-26-12-3-8-23(17-26)9-13-27(18-23)22(28)7-6-20-15-24-10-11-25-20/h2,4-5,10-11,14-15H,3,6-9,12-13,16-18H2,1H3. The van der Waals surface area contributed by atoms with E-state index in [0.717, 1.165) is 50.6 Å². The second kappa shape index (κ2) is 8.91. The van der Waals surface area contributed by atoms with Gasteiger partial charge in [0, 0.05) is 56.6 Å². The van der Waals surface area contributed by atoms with Crippen LogP contribution in [0.1, 0.15) is 36.9 Å². The number of likely N-dealkylation sites (tertiary alicyclic amines) is 2. The molecule has 2 saturated heterocycles. The molecule has 0 aliphatic carbocycles. The van der Waals surface area contributed by atoms with E-state index in [1.807, 2.05) is 6.07 Å². The summed E-state index contributed by atoms with van der Waals surface area (Å²) in [5.41, 5.74) is 2.42. The SMILES string of the molecule is COc1cccc(CN2CCCC3(CCN(C(=O)CCc4cnccn4)C3)C2)c1. The van der Waals surface area contributed by atoms with Gasteiger partial charge in [0.2, 0.25) is 5.91 Å². The molecule has 1 atom stereocenters. The zero-order valence-electron chi connectivity index (χ0n) is 17.2. The third kappa shape index (κ3) is 4.93. The van der Waals surface area contributed by atoms with E-state index in [1.165, 1.54) is 18.4 Å². The molecule has 4 rings (SSSR count). The minimum absolute atomic E-state index is 0.248. The van der Waals surface area contributed by atoms with Crippen molar-refractivity contribution in [2.75, 3.05) is 33.3 Å². The number of ether oxygens (including phenoxy) is 1. The van der Waals surface area contributed by atoms with Gasteiger partial charge < -0.3 is 9.64 Å². The molecule has 2 aliphatic rings. The molecular weight excluding hydrogens is 364 g/mol. The van der Waals surface area contributed by atoms with Gasteiger partial charge in [0.1, 0.15) is 5.75 Å². The molecule has 3 heterocycles. The topological polar surface area (TPSA) is 58.6 Å². The lowest BCUT2D eigenvalue weighted by Crippen LogP contribution is -2.45. The van der Waals surface area contributed by atoms with Crippen molar-refractivity contribution in [1.29, 1.82) is 0 Å². The van der Waals surface area contributed by atoms with Crippen LogP contribution in [0.15, 0.2) is 42.9 Å². The monoisotopic (exact) mass is 394 g/mol. The van der Waals surface area contributed by atoms with Crippen LogP contribution in [-0.4, -0.2) is 59.0 Å². The molecule has 1 amide bonds. The molecule has 1 aromatic carbocycles. The van der Waals surface area contributed by atoms with Crippen LogP contribution in [0.4, 0.5) is 0 Å². The number of aryl methyl sites for hydroxylation is 1. The van der Waals surface area contributed by atoms with Crippen LogP contribution < -0.4 is 4.74 Å². The first-order chi connectivity index (χ1) is 14.2. The number of amides is 1. The minimum atomic E-state index is 0.248. The Kier molecular flexibility index (Phi) is 6.09. The Morgan fingerprint density at radius 3 is 2.97 bits per heavy atom. The fourth-order valence-corrected chi connectivity index (χ4v) is 4.81. The maximum absolute atomic E-state index is 12.7. The van der Waals surface area contributed by atoms with Gasteiger partial charge >= 0.3 is 0 Å². The van der Waals surface area contributed by atoms with Crippen molar-refractivity contribution in [1.82, 2.24) is 19.8 Å². The highest BCUT2D eigenvalue weighted by molar-refractivity contribution is 5.76. The van der Waals surface area contributed by atoms with Crippen LogP contribution in [0.5, 0.6) is 5.75 Å². The molecule has 0 radical (unpaired) electrons. The molecule has 1 unspecified atom stereocenters. The van der Waals surface area contributed by atoms with E-state index in [4.69, 9.17) is 4.74 Å². The summed E-state index contributed by atoms with van der Waals surface area (Å²) in [6.07, 6.45) is 9.80. The average Bonchev–Trinajstić information content (AvgIpc) is 3.16. The molecule has 0 bridgehead atoms. The van der Waals surface area contributed by atoms with E-state index in [9.17, 15) is 4.79 Å². The molecule has 29 heavy (non-hydrogen) atoms. The number of rotatable bonds is 6. The fourth-order valence-electron chi connectivity index (χ4n) is 4.81. The third-order valence-electron chi connectivity index (χ3n) is 6.28. The zero-order valence-corrected chi connectivity index (χ0v) is 17.2. The van der Waals surface area contributed by atoms with Crippen molar-refractivity contribution >= 4 is 5.91 Å². The Hall–Kier alpha value is -2.47. The molecule has 154 valence electrons. The highest BCUT2D eigenvalue weighted by atomic mass is 16.5. The first kappa shape index (κ1) is 19.8. The summed E-state index contributed by atoms with van der Waals surface area (Å²) >= 11 is 0. The predicted octanol–water partition coefficient (Wildman–Crippen LogP) is 2.93. The number of hydrogen-bond donors (Lipinski definition) is 0. The van der Waals surface area contributed by atoms with Gasteiger partial charge in [-0.15, -0.1) is 0 Å². The number of benzene rings is 1. The Morgan fingerprint density at radius 2 is 2.14 bits per heavy atom. The van der Waals surface area contributed by atoms with Gasteiger partial charge in [-0.2, -0.15) is 0 Å². The Bertz CT molecular complexity index is 829. The largest absolute Gasteiger partial charge is 0.497 e. The third-order valence-corrected chi connectivity index (χ3v) is 6.28. The van der Waals surface area contributed by atoms with Crippen LogP contribution in [0.3, 0.4) is 0 Å². The molecule has 1 spiro atoms. The van der Waals surface area contributed by atoms with Crippen molar-refractivity contribution < 1.29 is 9.53 Å². The van der Waals surface area contributed by atoms with Crippen molar-refractivity contribution in [3.8, 4) is 5.75 Å². The predicted molar refractivity (Wildman–Crippen MR) is 111 cm³/mol. The van der Waals surface area contributed by atoms with E-state index in [0.29, 0.717) is 12.8 Å². The first-order valence-corrected chi connectivity index (χ1v) is 10.5. The number of carbonyl (C=O) groups excluding carboxylic acids is 1. The van der Waals surface area contributed by atoms with Crippen LogP contribution in [0.2, 0.25) is 0 Å². The van der Waals surface area contributed by atoms with Crippen molar-refractivity contribution in [2.45, 2.75) is 38.6 Å². The number of nitrogens with zero attached hydrogens (tertiary/aromatic N) is 4. The van der Waals surface area contributed by atoms with Crippen molar-refractivity contribution in [3.63, 3.8) is 0 Å². The van der Waals surface area contributed by atoms with Gasteiger partial charge in [-0.3, -0.25) is 19.7 Å². The number of piperidine rings is 1. The summed E-state index contributed by atoms with van der Waals surface area (Å²) in [4.78, 5) is 25.7. The highest BCUT2D eigenvalue weighted by Gasteiger charge is 2.42. The summed E-state index contributed by atoms with van der Waals surface area (Å²) in [6.45, 7) is 4.91. The molecular formula is C23H30N4O2. The summed E-state index contributed by atoms with van der Waals surface area (Å²) < 4.78 is 5.36. The maximum Gasteiger partial charge on any atom is 0.222 e. The first-order valence-electron chi connectivity index (χ1n) is 10.5. The zero-order chi connectivity index (χ0) is 20.1. The van der Waals surface area contributed by atoms with Gasteiger partial charge in [-0.1, -0.05) is 12.1 Å². The number of carbonyl (C=O) groups is 1.